The maximum atomic E-state index is 12.9. The first-order valence-electron chi connectivity index (χ1n) is 9.58. The van der Waals surface area contributed by atoms with Crippen molar-refractivity contribution >= 4 is 16.8 Å². The fourth-order valence-electron chi connectivity index (χ4n) is 3.38. The fraction of sp³-hybridized carbons (Fsp3) is 0.125. The number of methoxy groups -OCH3 is 1. The van der Waals surface area contributed by atoms with Gasteiger partial charge in [0.1, 0.15) is 12.3 Å². The molecule has 6 nitrogen and oxygen atoms in total. The van der Waals surface area contributed by atoms with E-state index in [0.717, 1.165) is 16.9 Å². The van der Waals surface area contributed by atoms with E-state index >= 15 is 0 Å². The molecule has 0 radical (unpaired) electrons. The standard InChI is InChI=1S/C24H21N3O3/c1-30-19-13-11-18(12-14-19)23(17-7-3-2-4-8-17)26-22(28)15-27-16-25-21-10-6-5-9-20(21)24(27)29/h2-14,16,23H,15H2,1H3,(H,26,28). The molecule has 1 unspecified atom stereocenters. The number of ether oxygens (including phenoxy) is 1. The lowest BCUT2D eigenvalue weighted by atomic mass is 9.98. The summed E-state index contributed by atoms with van der Waals surface area (Å²) in [5, 5.41) is 3.53. The molecule has 0 fully saturated rings. The average molecular weight is 399 g/mol. The third-order valence-electron chi connectivity index (χ3n) is 4.93. The van der Waals surface area contributed by atoms with Crippen molar-refractivity contribution < 1.29 is 9.53 Å². The van der Waals surface area contributed by atoms with Crippen molar-refractivity contribution in [2.24, 2.45) is 0 Å². The Kier molecular flexibility index (Phi) is 5.57. The van der Waals surface area contributed by atoms with Gasteiger partial charge in [-0.05, 0) is 35.4 Å². The molecule has 1 amide bonds. The normalized spacial score (nSPS) is 11.8. The van der Waals surface area contributed by atoms with Gasteiger partial charge in [-0.15, -0.1) is 0 Å². The smallest absolute Gasteiger partial charge is 0.261 e. The molecule has 0 aliphatic heterocycles. The van der Waals surface area contributed by atoms with Gasteiger partial charge in [0.15, 0.2) is 0 Å². The van der Waals surface area contributed by atoms with Crippen LogP contribution in [0.25, 0.3) is 10.9 Å². The number of para-hydroxylation sites is 1. The van der Waals surface area contributed by atoms with E-state index < -0.39 is 0 Å². The fourth-order valence-corrected chi connectivity index (χ4v) is 3.38. The number of fused-ring (bicyclic) bond motifs is 1. The van der Waals surface area contributed by atoms with Crippen molar-refractivity contribution in [1.82, 2.24) is 14.9 Å². The number of carbonyl (C=O) groups is 1. The highest BCUT2D eigenvalue weighted by Crippen LogP contribution is 2.24. The number of nitrogens with one attached hydrogen (secondary N) is 1. The number of aromatic nitrogens is 2. The molecule has 0 aliphatic carbocycles. The van der Waals surface area contributed by atoms with E-state index in [-0.39, 0.29) is 24.1 Å². The molecule has 1 aromatic heterocycles. The van der Waals surface area contributed by atoms with Crippen molar-refractivity contribution in [2.75, 3.05) is 7.11 Å². The number of carbonyl (C=O) groups excluding carboxylic acids is 1. The zero-order valence-electron chi connectivity index (χ0n) is 16.5. The van der Waals surface area contributed by atoms with Crippen LogP contribution in [0.2, 0.25) is 0 Å². The third kappa shape index (κ3) is 4.07. The Morgan fingerprint density at radius 3 is 2.37 bits per heavy atom. The van der Waals surface area contributed by atoms with Gasteiger partial charge in [-0.3, -0.25) is 14.2 Å². The average Bonchev–Trinajstić information content (AvgIpc) is 2.80. The van der Waals surface area contributed by atoms with E-state index in [0.29, 0.717) is 10.9 Å². The van der Waals surface area contributed by atoms with Crippen molar-refractivity contribution in [3.8, 4) is 5.75 Å². The molecule has 3 aromatic carbocycles. The van der Waals surface area contributed by atoms with Crippen LogP contribution in [0.4, 0.5) is 0 Å². The van der Waals surface area contributed by atoms with Crippen LogP contribution in [0.3, 0.4) is 0 Å². The summed E-state index contributed by atoms with van der Waals surface area (Å²) < 4.78 is 6.56. The summed E-state index contributed by atoms with van der Waals surface area (Å²) in [5.41, 5.74) is 2.23. The SMILES string of the molecule is COc1ccc(C(NC(=O)Cn2cnc3ccccc3c2=O)c2ccccc2)cc1. The summed E-state index contributed by atoms with van der Waals surface area (Å²) in [5.74, 6) is 0.463. The minimum atomic E-state index is -0.353. The Morgan fingerprint density at radius 2 is 1.63 bits per heavy atom. The van der Waals surface area contributed by atoms with Gasteiger partial charge in [-0.2, -0.15) is 0 Å². The number of benzene rings is 3. The molecule has 1 heterocycles. The lowest BCUT2D eigenvalue weighted by Gasteiger charge is -2.20. The Balaban J connectivity index is 1.60. The molecule has 0 bridgehead atoms. The van der Waals surface area contributed by atoms with Crippen molar-refractivity contribution in [3.05, 3.63) is 107 Å². The van der Waals surface area contributed by atoms with E-state index in [1.807, 2.05) is 60.7 Å². The summed E-state index contributed by atoms with van der Waals surface area (Å²) in [7, 11) is 1.61. The van der Waals surface area contributed by atoms with Crippen LogP contribution in [0.1, 0.15) is 17.2 Å². The van der Waals surface area contributed by atoms with Crippen molar-refractivity contribution in [1.29, 1.82) is 0 Å². The monoisotopic (exact) mass is 399 g/mol. The van der Waals surface area contributed by atoms with Gasteiger partial charge in [0.05, 0.1) is 30.4 Å². The molecule has 4 aromatic rings. The second-order valence-corrected chi connectivity index (χ2v) is 6.88. The van der Waals surface area contributed by atoms with E-state index in [9.17, 15) is 9.59 Å². The second kappa shape index (κ2) is 8.61. The topological polar surface area (TPSA) is 73.2 Å². The summed E-state index contributed by atoms with van der Waals surface area (Å²) >= 11 is 0. The highest BCUT2D eigenvalue weighted by atomic mass is 16.5. The predicted octanol–water partition coefficient (Wildman–Crippen LogP) is 3.31. The largest absolute Gasteiger partial charge is 0.497 e. The van der Waals surface area contributed by atoms with Crippen LogP contribution >= 0.6 is 0 Å². The minimum absolute atomic E-state index is 0.115. The number of rotatable bonds is 6. The van der Waals surface area contributed by atoms with Gasteiger partial charge >= 0.3 is 0 Å². The van der Waals surface area contributed by atoms with Crippen LogP contribution in [0.5, 0.6) is 5.75 Å². The van der Waals surface area contributed by atoms with Gasteiger partial charge in [-0.25, -0.2) is 4.98 Å². The summed E-state index contributed by atoms with van der Waals surface area (Å²) in [4.78, 5) is 29.8. The summed E-state index contributed by atoms with van der Waals surface area (Å²) in [6.45, 7) is -0.115. The van der Waals surface area contributed by atoms with Crippen LogP contribution in [0, 0.1) is 0 Å². The molecule has 6 heteroatoms. The first kappa shape index (κ1) is 19.4. The molecular formula is C24H21N3O3. The predicted molar refractivity (Wildman–Crippen MR) is 115 cm³/mol. The van der Waals surface area contributed by atoms with Crippen LogP contribution in [0.15, 0.2) is 90.0 Å². The van der Waals surface area contributed by atoms with Crippen LogP contribution in [-0.4, -0.2) is 22.6 Å². The maximum Gasteiger partial charge on any atom is 0.261 e. The van der Waals surface area contributed by atoms with E-state index in [1.54, 1.807) is 25.3 Å². The maximum absolute atomic E-state index is 12.9. The Hall–Kier alpha value is -3.93. The Morgan fingerprint density at radius 1 is 0.967 bits per heavy atom. The molecule has 4 rings (SSSR count). The van der Waals surface area contributed by atoms with E-state index in [1.165, 1.54) is 10.9 Å². The summed E-state index contributed by atoms with van der Waals surface area (Å²) in [6.07, 6.45) is 1.41. The Labute approximate surface area is 173 Å². The van der Waals surface area contributed by atoms with E-state index in [4.69, 9.17) is 4.74 Å². The molecule has 150 valence electrons. The lowest BCUT2D eigenvalue weighted by Crippen LogP contribution is -2.35. The lowest BCUT2D eigenvalue weighted by molar-refractivity contribution is -0.122. The Bertz CT molecular complexity index is 1220. The number of hydrogen-bond donors (Lipinski definition) is 1. The number of amides is 1. The van der Waals surface area contributed by atoms with Crippen molar-refractivity contribution in [3.63, 3.8) is 0 Å². The summed E-state index contributed by atoms with van der Waals surface area (Å²) in [6, 6.07) is 24.0. The molecule has 1 N–H and O–H groups in total. The highest BCUT2D eigenvalue weighted by molar-refractivity contribution is 5.79. The number of nitrogens with zero attached hydrogens (tertiary/aromatic N) is 2. The van der Waals surface area contributed by atoms with E-state index in [2.05, 4.69) is 10.3 Å². The third-order valence-corrected chi connectivity index (χ3v) is 4.93. The van der Waals surface area contributed by atoms with Crippen LogP contribution in [-0.2, 0) is 11.3 Å². The van der Waals surface area contributed by atoms with Crippen molar-refractivity contribution in [2.45, 2.75) is 12.6 Å². The zero-order chi connectivity index (χ0) is 20.9. The van der Waals surface area contributed by atoms with Gasteiger partial charge in [0.25, 0.3) is 5.56 Å². The minimum Gasteiger partial charge on any atom is -0.497 e. The molecule has 0 aliphatic rings. The van der Waals surface area contributed by atoms with Gasteiger partial charge in [0.2, 0.25) is 5.91 Å². The van der Waals surface area contributed by atoms with Crippen LogP contribution < -0.4 is 15.6 Å². The number of hydrogen-bond acceptors (Lipinski definition) is 4. The molecule has 30 heavy (non-hydrogen) atoms. The molecule has 0 spiro atoms. The van der Waals surface area contributed by atoms with Gasteiger partial charge in [0, 0.05) is 0 Å². The molecule has 0 saturated carbocycles. The first-order chi connectivity index (χ1) is 14.7. The van der Waals surface area contributed by atoms with Gasteiger partial charge in [-0.1, -0.05) is 54.6 Å². The first-order valence-corrected chi connectivity index (χ1v) is 9.58. The second-order valence-electron chi connectivity index (χ2n) is 6.88. The molecular weight excluding hydrogens is 378 g/mol. The molecule has 1 atom stereocenters. The quantitative estimate of drug-likeness (QED) is 0.540. The zero-order valence-corrected chi connectivity index (χ0v) is 16.5. The molecule has 0 saturated heterocycles. The van der Waals surface area contributed by atoms with Gasteiger partial charge < -0.3 is 10.1 Å². The highest BCUT2D eigenvalue weighted by Gasteiger charge is 2.18.